The molecule has 3 aromatic rings. The highest BCUT2D eigenvalue weighted by molar-refractivity contribution is 5.78. The number of aryl methyl sites for hydroxylation is 1. The van der Waals surface area contributed by atoms with Crippen LogP contribution in [0.5, 0.6) is 11.6 Å². The van der Waals surface area contributed by atoms with Crippen LogP contribution in [0.1, 0.15) is 62.0 Å². The summed E-state index contributed by atoms with van der Waals surface area (Å²) in [6.07, 6.45) is 2.52. The number of rotatable bonds is 8. The maximum Gasteiger partial charge on any atom is 0.307 e. The Hall–Kier alpha value is -3.52. The monoisotopic (exact) mass is 537 g/mol. The lowest BCUT2D eigenvalue weighted by Gasteiger charge is -2.32. The molecule has 1 heterocycles. The molecular weight excluding hydrogens is 504 g/mol. The van der Waals surface area contributed by atoms with Crippen molar-refractivity contribution in [2.75, 3.05) is 14.2 Å². The molecule has 1 fully saturated rings. The van der Waals surface area contributed by atoms with E-state index in [2.05, 4.69) is 4.98 Å². The predicted molar refractivity (Wildman–Crippen MR) is 142 cm³/mol. The first-order chi connectivity index (χ1) is 18.5. The average Bonchev–Trinajstić information content (AvgIpc) is 3.50. The number of fused-ring (bicyclic) bond motifs is 2. The third kappa shape index (κ3) is 4.75. The number of carbonyl (C=O) groups is 1. The number of aromatic nitrogens is 1. The Balaban J connectivity index is 1.48. The molecule has 0 aliphatic heterocycles. The maximum absolute atomic E-state index is 15.7. The number of carboxylic acid groups (broad SMARTS) is 1. The lowest BCUT2D eigenvalue weighted by atomic mass is 9.81. The zero-order chi connectivity index (χ0) is 28.1. The molecule has 2 aliphatic rings. The molecule has 0 radical (unpaired) electrons. The Morgan fingerprint density at radius 2 is 1.92 bits per heavy atom. The summed E-state index contributed by atoms with van der Waals surface area (Å²) in [5, 5.41) is 9.52. The van der Waals surface area contributed by atoms with E-state index in [9.17, 15) is 14.3 Å². The van der Waals surface area contributed by atoms with Crippen molar-refractivity contribution >= 4 is 5.97 Å². The molecule has 1 N–H and O–H groups in total. The van der Waals surface area contributed by atoms with Crippen molar-refractivity contribution in [2.24, 2.45) is 11.3 Å². The maximum atomic E-state index is 15.7. The Labute approximate surface area is 226 Å². The first-order valence-electron chi connectivity index (χ1n) is 13.0. The third-order valence-electron chi connectivity index (χ3n) is 8.05. The van der Waals surface area contributed by atoms with Crippen LogP contribution in [0.25, 0.3) is 11.1 Å². The van der Waals surface area contributed by atoms with Crippen LogP contribution in [0.15, 0.2) is 42.6 Å². The second kappa shape index (κ2) is 9.90. The number of methoxy groups -OCH3 is 2. The summed E-state index contributed by atoms with van der Waals surface area (Å²) in [6, 6.07) is 10.5. The Bertz CT molecular complexity index is 1430. The Kier molecular flexibility index (Phi) is 6.87. The number of carboxylic acids is 1. The van der Waals surface area contributed by atoms with Crippen LogP contribution in [0, 0.1) is 23.0 Å². The fraction of sp³-hybridized carbons (Fsp3) is 0.419. The molecule has 1 aromatic heterocycles. The summed E-state index contributed by atoms with van der Waals surface area (Å²) in [6.45, 7) is 6.18. The molecule has 1 spiro atoms. The molecule has 1 saturated carbocycles. The largest absolute Gasteiger partial charge is 0.486 e. The topological polar surface area (TPSA) is 77.9 Å². The van der Waals surface area contributed by atoms with E-state index in [4.69, 9.17) is 14.2 Å². The predicted octanol–water partition coefficient (Wildman–Crippen LogP) is 6.64. The van der Waals surface area contributed by atoms with Gasteiger partial charge in [-0.05, 0) is 59.1 Å². The van der Waals surface area contributed by atoms with Gasteiger partial charge in [-0.2, -0.15) is 0 Å². The van der Waals surface area contributed by atoms with Gasteiger partial charge in [0.15, 0.2) is 11.6 Å². The van der Waals surface area contributed by atoms with Crippen molar-refractivity contribution in [3.8, 4) is 22.8 Å². The molecule has 2 aromatic carbocycles. The Morgan fingerprint density at radius 1 is 1.15 bits per heavy atom. The molecule has 0 saturated heterocycles. The van der Waals surface area contributed by atoms with Gasteiger partial charge in [-0.25, -0.2) is 13.8 Å². The summed E-state index contributed by atoms with van der Waals surface area (Å²) in [5.41, 5.74) is 2.91. The molecule has 2 aliphatic carbocycles. The minimum Gasteiger partial charge on any atom is -0.486 e. The van der Waals surface area contributed by atoms with Crippen LogP contribution in [0.4, 0.5) is 8.78 Å². The highest BCUT2D eigenvalue weighted by atomic mass is 19.1. The summed E-state index contributed by atoms with van der Waals surface area (Å²) < 4.78 is 47.7. The van der Waals surface area contributed by atoms with Gasteiger partial charge >= 0.3 is 5.97 Å². The van der Waals surface area contributed by atoms with E-state index >= 15 is 4.39 Å². The minimum atomic E-state index is -0.879. The number of halogens is 2. The number of aliphatic carboxylic acids is 1. The minimum absolute atomic E-state index is 0.0705. The van der Waals surface area contributed by atoms with Crippen molar-refractivity contribution in [3.63, 3.8) is 0 Å². The van der Waals surface area contributed by atoms with E-state index in [1.807, 2.05) is 39.0 Å². The molecule has 0 unspecified atom stereocenters. The van der Waals surface area contributed by atoms with Gasteiger partial charge in [-0.15, -0.1) is 0 Å². The highest BCUT2D eigenvalue weighted by Gasteiger charge is 2.63. The van der Waals surface area contributed by atoms with Crippen LogP contribution in [0.3, 0.4) is 0 Å². The molecule has 6 nitrogen and oxygen atoms in total. The van der Waals surface area contributed by atoms with E-state index < -0.39 is 28.9 Å². The first kappa shape index (κ1) is 27.1. The molecule has 39 heavy (non-hydrogen) atoms. The third-order valence-corrected chi connectivity index (χ3v) is 8.05. The second-order valence-electron chi connectivity index (χ2n) is 11.6. The van der Waals surface area contributed by atoms with Gasteiger partial charge in [0.2, 0.25) is 5.88 Å². The zero-order valence-electron chi connectivity index (χ0n) is 22.8. The number of hydrogen-bond acceptors (Lipinski definition) is 5. The van der Waals surface area contributed by atoms with Crippen molar-refractivity contribution in [3.05, 3.63) is 76.5 Å². The van der Waals surface area contributed by atoms with Crippen LogP contribution < -0.4 is 9.47 Å². The van der Waals surface area contributed by atoms with Crippen LogP contribution in [-0.4, -0.2) is 30.3 Å². The fourth-order valence-electron chi connectivity index (χ4n) is 6.13. The van der Waals surface area contributed by atoms with Crippen LogP contribution in [0.2, 0.25) is 0 Å². The van der Waals surface area contributed by atoms with E-state index in [0.29, 0.717) is 41.8 Å². The van der Waals surface area contributed by atoms with Crippen LogP contribution >= 0.6 is 0 Å². The zero-order valence-corrected chi connectivity index (χ0v) is 22.8. The van der Waals surface area contributed by atoms with Gasteiger partial charge in [0.25, 0.3) is 0 Å². The number of benzene rings is 2. The molecule has 0 amide bonds. The molecule has 8 heteroatoms. The quantitative estimate of drug-likeness (QED) is 0.347. The first-order valence-corrected chi connectivity index (χ1v) is 13.0. The van der Waals surface area contributed by atoms with Crippen molar-refractivity contribution in [2.45, 2.75) is 58.2 Å². The number of hydrogen-bond donors (Lipinski definition) is 1. The lowest BCUT2D eigenvalue weighted by molar-refractivity contribution is -0.139. The Morgan fingerprint density at radius 3 is 2.56 bits per heavy atom. The van der Waals surface area contributed by atoms with Gasteiger partial charge in [-0.1, -0.05) is 39.0 Å². The molecular formula is C31H33F2NO5. The number of pyridine rings is 1. The summed E-state index contributed by atoms with van der Waals surface area (Å²) in [4.78, 5) is 15.6. The SMILES string of the molecule is COc1cc(-c2ccc(COc3ccc4c(c3F)[C@@]3(CC4)C[C@@H]3C(=O)O)cc2[C@@H](OC)C(C)(C)C)c(F)cn1. The van der Waals surface area contributed by atoms with E-state index in [-0.39, 0.29) is 23.9 Å². The molecule has 0 bridgehead atoms. The van der Waals surface area contributed by atoms with Gasteiger partial charge in [0, 0.05) is 29.7 Å². The average molecular weight is 538 g/mol. The van der Waals surface area contributed by atoms with E-state index in [1.54, 1.807) is 25.3 Å². The van der Waals surface area contributed by atoms with Gasteiger partial charge < -0.3 is 19.3 Å². The van der Waals surface area contributed by atoms with Gasteiger partial charge in [-0.3, -0.25) is 4.79 Å². The number of ether oxygens (including phenoxy) is 3. The summed E-state index contributed by atoms with van der Waals surface area (Å²) in [5.74, 6) is -1.99. The van der Waals surface area contributed by atoms with Crippen molar-refractivity contribution < 1.29 is 32.9 Å². The second-order valence-corrected chi connectivity index (χ2v) is 11.6. The smallest absolute Gasteiger partial charge is 0.307 e. The number of nitrogens with zero attached hydrogens (tertiary/aromatic N) is 1. The van der Waals surface area contributed by atoms with E-state index in [1.165, 1.54) is 7.11 Å². The molecule has 3 atom stereocenters. The van der Waals surface area contributed by atoms with Crippen molar-refractivity contribution in [1.29, 1.82) is 0 Å². The fourth-order valence-corrected chi connectivity index (χ4v) is 6.13. The summed E-state index contributed by atoms with van der Waals surface area (Å²) >= 11 is 0. The molecule has 206 valence electrons. The highest BCUT2D eigenvalue weighted by Crippen LogP contribution is 2.62. The summed E-state index contributed by atoms with van der Waals surface area (Å²) in [7, 11) is 3.09. The van der Waals surface area contributed by atoms with Crippen LogP contribution in [-0.2, 0) is 28.0 Å². The van der Waals surface area contributed by atoms with Gasteiger partial charge in [0.05, 0.1) is 25.3 Å². The van der Waals surface area contributed by atoms with Gasteiger partial charge in [0.1, 0.15) is 12.4 Å². The van der Waals surface area contributed by atoms with E-state index in [0.717, 1.165) is 22.9 Å². The standard InChI is InChI=1S/C31H33F2NO5/c1-30(2,3)28(38-5)21-12-17(6-8-19(21)20-13-25(37-4)34-15-23(20)32)16-39-24-9-7-18-10-11-31(26(18)27(24)33)14-22(31)29(35)36/h6-9,12-13,15,22,28H,10-11,14,16H2,1-5H3,(H,35,36)/t22-,28-,31+/m1/s1. The lowest BCUT2D eigenvalue weighted by Crippen LogP contribution is -2.21. The van der Waals surface area contributed by atoms with Crippen molar-refractivity contribution in [1.82, 2.24) is 4.98 Å². The molecule has 5 rings (SSSR count). The normalized spacial score (nSPS) is 20.5.